The zero-order valence-corrected chi connectivity index (χ0v) is 12.4. The van der Waals surface area contributed by atoms with Crippen LogP contribution in [0.4, 0.5) is 16.3 Å². The third kappa shape index (κ3) is 2.82. The van der Waals surface area contributed by atoms with Crippen LogP contribution in [0.25, 0.3) is 11.1 Å². The number of hydrogen-bond donors (Lipinski definition) is 2. The van der Waals surface area contributed by atoms with E-state index in [0.29, 0.717) is 5.69 Å². The molecule has 0 spiro atoms. The van der Waals surface area contributed by atoms with Crippen LogP contribution in [0.3, 0.4) is 0 Å². The SMILES string of the molecule is COC(=O)Nc1cnn(CC(=O)n2c(=O)oc3ccc(N)cc32)n1. The molecule has 3 aromatic rings. The first-order chi connectivity index (χ1) is 11.5. The van der Waals surface area contributed by atoms with Gasteiger partial charge in [-0.2, -0.15) is 9.90 Å². The highest BCUT2D eigenvalue weighted by Gasteiger charge is 2.18. The molecule has 2 heterocycles. The number of rotatable bonds is 3. The molecule has 0 saturated carbocycles. The van der Waals surface area contributed by atoms with Gasteiger partial charge in [0.25, 0.3) is 5.91 Å². The molecule has 11 heteroatoms. The van der Waals surface area contributed by atoms with Crippen LogP contribution in [-0.4, -0.2) is 38.7 Å². The van der Waals surface area contributed by atoms with E-state index in [4.69, 9.17) is 10.2 Å². The highest BCUT2D eigenvalue weighted by atomic mass is 16.5. The fourth-order valence-corrected chi connectivity index (χ4v) is 2.05. The standard InChI is InChI=1S/C13H12N6O5/c1-23-12(21)16-10-5-15-18(17-10)6-11(20)19-8-4-7(14)2-3-9(8)24-13(19)22/h2-5H,6,14H2,1H3,(H,16,17,21). The average Bonchev–Trinajstić information content (AvgIpc) is 3.10. The zero-order chi connectivity index (χ0) is 17.3. The van der Waals surface area contributed by atoms with E-state index in [1.54, 1.807) is 6.07 Å². The topological polar surface area (TPSA) is 147 Å². The molecule has 0 radical (unpaired) electrons. The summed E-state index contributed by atoms with van der Waals surface area (Å²) in [5, 5.41) is 10.00. The minimum Gasteiger partial charge on any atom is -0.453 e. The van der Waals surface area contributed by atoms with Crippen molar-refractivity contribution in [2.75, 3.05) is 18.2 Å². The quantitative estimate of drug-likeness (QED) is 0.650. The third-order valence-electron chi connectivity index (χ3n) is 3.08. The van der Waals surface area contributed by atoms with E-state index >= 15 is 0 Å². The van der Waals surface area contributed by atoms with Gasteiger partial charge in [0.1, 0.15) is 12.1 Å². The van der Waals surface area contributed by atoms with Crippen molar-refractivity contribution in [3.63, 3.8) is 0 Å². The molecule has 0 saturated heterocycles. The number of aromatic nitrogens is 4. The maximum atomic E-state index is 12.4. The minimum absolute atomic E-state index is 0.100. The van der Waals surface area contributed by atoms with Gasteiger partial charge in [-0.1, -0.05) is 0 Å². The molecule has 1 aromatic carbocycles. The number of anilines is 2. The normalized spacial score (nSPS) is 10.7. The molecular formula is C13H12N6O5. The number of nitrogen functional groups attached to an aromatic ring is 1. The third-order valence-corrected chi connectivity index (χ3v) is 3.08. The number of benzene rings is 1. The fraction of sp³-hybridized carbons (Fsp3) is 0.154. The van der Waals surface area contributed by atoms with Crippen molar-refractivity contribution in [2.45, 2.75) is 6.54 Å². The Labute approximate surface area is 133 Å². The van der Waals surface area contributed by atoms with Gasteiger partial charge in [-0.25, -0.2) is 14.2 Å². The Bertz CT molecular complexity index is 984. The number of nitrogens with two attached hydrogens (primary N) is 1. The fourth-order valence-electron chi connectivity index (χ4n) is 2.05. The van der Waals surface area contributed by atoms with Crippen LogP contribution >= 0.6 is 0 Å². The zero-order valence-electron chi connectivity index (χ0n) is 12.4. The molecule has 2 aromatic heterocycles. The summed E-state index contributed by atoms with van der Waals surface area (Å²) >= 11 is 0. The first kappa shape index (κ1) is 15.3. The van der Waals surface area contributed by atoms with E-state index in [2.05, 4.69) is 20.3 Å². The van der Waals surface area contributed by atoms with Gasteiger partial charge in [-0.3, -0.25) is 10.1 Å². The highest BCUT2D eigenvalue weighted by molar-refractivity contribution is 5.90. The predicted octanol–water partition coefficient (Wildman–Crippen LogP) is 0.287. The number of carbonyl (C=O) groups excluding carboxylic acids is 2. The molecule has 124 valence electrons. The maximum Gasteiger partial charge on any atom is 0.426 e. The highest BCUT2D eigenvalue weighted by Crippen LogP contribution is 2.16. The van der Waals surface area contributed by atoms with Crippen molar-refractivity contribution >= 4 is 34.6 Å². The smallest absolute Gasteiger partial charge is 0.426 e. The van der Waals surface area contributed by atoms with Gasteiger partial charge in [0.15, 0.2) is 11.4 Å². The summed E-state index contributed by atoms with van der Waals surface area (Å²) in [6, 6.07) is 4.51. The Hall–Kier alpha value is -3.63. The Kier molecular flexibility index (Phi) is 3.74. The number of ether oxygens (including phenoxy) is 1. The van der Waals surface area contributed by atoms with Gasteiger partial charge in [0.05, 0.1) is 13.3 Å². The number of nitrogens with one attached hydrogen (secondary N) is 1. The van der Waals surface area contributed by atoms with Gasteiger partial charge >= 0.3 is 11.8 Å². The lowest BCUT2D eigenvalue weighted by molar-refractivity contribution is 0.0877. The summed E-state index contributed by atoms with van der Waals surface area (Å²) in [6.45, 7) is -0.341. The molecule has 3 rings (SSSR count). The molecule has 0 aliphatic carbocycles. The minimum atomic E-state index is -0.833. The van der Waals surface area contributed by atoms with E-state index in [1.165, 1.54) is 25.4 Å². The summed E-state index contributed by atoms with van der Waals surface area (Å²) in [6.07, 6.45) is 0.513. The maximum absolute atomic E-state index is 12.4. The summed E-state index contributed by atoms with van der Waals surface area (Å²) in [5.74, 6) is -1.35. The van der Waals surface area contributed by atoms with Crippen molar-refractivity contribution in [3.8, 4) is 0 Å². The first-order valence-electron chi connectivity index (χ1n) is 6.67. The largest absolute Gasteiger partial charge is 0.453 e. The van der Waals surface area contributed by atoms with Crippen LogP contribution in [-0.2, 0) is 11.3 Å². The summed E-state index contributed by atoms with van der Waals surface area (Å²) < 4.78 is 10.3. The monoisotopic (exact) mass is 332 g/mol. The molecule has 0 aliphatic rings. The van der Waals surface area contributed by atoms with Crippen LogP contribution in [0.5, 0.6) is 0 Å². The van der Waals surface area contributed by atoms with Crippen molar-refractivity contribution in [1.29, 1.82) is 0 Å². The molecule has 24 heavy (non-hydrogen) atoms. The van der Waals surface area contributed by atoms with Crippen LogP contribution in [0.2, 0.25) is 0 Å². The van der Waals surface area contributed by atoms with Crippen molar-refractivity contribution < 1.29 is 18.7 Å². The molecule has 1 amide bonds. The molecule has 0 aliphatic heterocycles. The van der Waals surface area contributed by atoms with Crippen LogP contribution < -0.4 is 16.8 Å². The lowest BCUT2D eigenvalue weighted by Gasteiger charge is -2.01. The second-order valence-corrected chi connectivity index (χ2v) is 4.70. The van der Waals surface area contributed by atoms with Gasteiger partial charge in [-0.15, -0.1) is 5.10 Å². The molecule has 3 N–H and O–H groups in total. The number of fused-ring (bicyclic) bond motifs is 1. The van der Waals surface area contributed by atoms with Gasteiger partial charge in [0, 0.05) is 5.69 Å². The Balaban J connectivity index is 1.85. The van der Waals surface area contributed by atoms with E-state index in [9.17, 15) is 14.4 Å². The van der Waals surface area contributed by atoms with Gasteiger partial charge < -0.3 is 14.9 Å². The Morgan fingerprint density at radius 2 is 2.21 bits per heavy atom. The predicted molar refractivity (Wildman–Crippen MR) is 81.6 cm³/mol. The van der Waals surface area contributed by atoms with Crippen LogP contribution in [0.1, 0.15) is 4.79 Å². The number of hydrogen-bond acceptors (Lipinski definition) is 8. The lowest BCUT2D eigenvalue weighted by Crippen LogP contribution is -2.27. The summed E-state index contributed by atoms with van der Waals surface area (Å²) in [7, 11) is 1.20. The van der Waals surface area contributed by atoms with Crippen LogP contribution in [0.15, 0.2) is 33.6 Å². The number of nitrogens with zero attached hydrogens (tertiary/aromatic N) is 4. The van der Waals surface area contributed by atoms with Gasteiger partial charge in [0.2, 0.25) is 0 Å². The van der Waals surface area contributed by atoms with E-state index < -0.39 is 17.8 Å². The molecular weight excluding hydrogens is 320 g/mol. The summed E-state index contributed by atoms with van der Waals surface area (Å²) in [4.78, 5) is 36.3. The molecule has 0 fully saturated rings. The number of amides is 1. The van der Waals surface area contributed by atoms with Gasteiger partial charge in [-0.05, 0) is 18.2 Å². The second-order valence-electron chi connectivity index (χ2n) is 4.70. The van der Waals surface area contributed by atoms with Crippen molar-refractivity contribution in [1.82, 2.24) is 19.6 Å². The first-order valence-corrected chi connectivity index (χ1v) is 6.67. The molecule has 0 atom stereocenters. The molecule has 0 unspecified atom stereocenters. The van der Waals surface area contributed by atoms with Crippen molar-refractivity contribution in [3.05, 3.63) is 34.9 Å². The Morgan fingerprint density at radius 1 is 1.42 bits per heavy atom. The Morgan fingerprint density at radius 3 is 2.96 bits per heavy atom. The average molecular weight is 332 g/mol. The number of carbonyl (C=O) groups is 2. The van der Waals surface area contributed by atoms with E-state index in [1.807, 2.05) is 0 Å². The van der Waals surface area contributed by atoms with Crippen LogP contribution in [0, 0.1) is 0 Å². The number of oxazole rings is 1. The second kappa shape index (κ2) is 5.87. The lowest BCUT2D eigenvalue weighted by atomic mass is 10.3. The molecule has 0 bridgehead atoms. The van der Waals surface area contributed by atoms with E-state index in [-0.39, 0.29) is 23.5 Å². The summed E-state index contributed by atoms with van der Waals surface area (Å²) in [5.41, 5.74) is 6.54. The molecule has 11 nitrogen and oxygen atoms in total. The van der Waals surface area contributed by atoms with E-state index in [0.717, 1.165) is 9.36 Å². The van der Waals surface area contributed by atoms with Crippen molar-refractivity contribution in [2.24, 2.45) is 0 Å². The number of methoxy groups -OCH3 is 1.